The third-order valence-corrected chi connectivity index (χ3v) is 3.49. The minimum atomic E-state index is -0.517. The van der Waals surface area contributed by atoms with Gasteiger partial charge in [0, 0.05) is 26.0 Å². The molecule has 0 saturated carbocycles. The largest absolute Gasteiger partial charge is 0.493 e. The van der Waals surface area contributed by atoms with Crippen LogP contribution in [-0.2, 0) is 4.74 Å². The second-order valence-electron chi connectivity index (χ2n) is 5.16. The molecule has 0 aliphatic carbocycles. The van der Waals surface area contributed by atoms with Crippen molar-refractivity contribution in [1.29, 1.82) is 0 Å². The SMILES string of the molecule is COCCNC(=S)N/N=C/c1ccc(OC(=O)c2cccnc2)c(OC)c1. The van der Waals surface area contributed by atoms with Gasteiger partial charge >= 0.3 is 5.97 Å². The normalized spacial score (nSPS) is 10.4. The topological polar surface area (TPSA) is 94.1 Å². The number of ether oxygens (including phenoxy) is 3. The van der Waals surface area contributed by atoms with E-state index in [1.807, 2.05) is 0 Å². The van der Waals surface area contributed by atoms with Crippen LogP contribution in [0.3, 0.4) is 0 Å². The van der Waals surface area contributed by atoms with E-state index in [4.69, 9.17) is 26.4 Å². The van der Waals surface area contributed by atoms with E-state index >= 15 is 0 Å². The van der Waals surface area contributed by atoms with Gasteiger partial charge in [0.05, 0.1) is 25.5 Å². The number of nitrogens with one attached hydrogen (secondary N) is 2. The van der Waals surface area contributed by atoms with Crippen molar-refractivity contribution in [3.05, 3.63) is 53.9 Å². The van der Waals surface area contributed by atoms with Gasteiger partial charge in [-0.3, -0.25) is 10.4 Å². The van der Waals surface area contributed by atoms with E-state index in [1.165, 1.54) is 13.3 Å². The molecule has 142 valence electrons. The summed E-state index contributed by atoms with van der Waals surface area (Å²) in [5, 5.41) is 7.36. The van der Waals surface area contributed by atoms with Crippen molar-refractivity contribution in [2.45, 2.75) is 0 Å². The maximum atomic E-state index is 12.1. The molecule has 0 fully saturated rings. The molecule has 0 saturated heterocycles. The molecule has 9 heteroatoms. The summed E-state index contributed by atoms with van der Waals surface area (Å²) in [5.74, 6) is 0.183. The molecular weight excluding hydrogens is 368 g/mol. The van der Waals surface area contributed by atoms with Crippen LogP contribution in [0.4, 0.5) is 0 Å². The molecule has 0 amide bonds. The number of esters is 1. The average Bonchev–Trinajstić information content (AvgIpc) is 2.69. The first kappa shape index (κ1) is 20.3. The molecule has 0 spiro atoms. The van der Waals surface area contributed by atoms with Crippen LogP contribution >= 0.6 is 12.2 Å². The number of methoxy groups -OCH3 is 2. The molecule has 0 unspecified atom stereocenters. The summed E-state index contributed by atoms with van der Waals surface area (Å²) in [5.41, 5.74) is 3.78. The van der Waals surface area contributed by atoms with Crippen LogP contribution in [0.1, 0.15) is 15.9 Å². The van der Waals surface area contributed by atoms with Crippen molar-refractivity contribution in [2.24, 2.45) is 5.10 Å². The summed E-state index contributed by atoms with van der Waals surface area (Å²) in [6, 6.07) is 8.34. The predicted octanol–water partition coefficient (Wildman–Crippen LogP) is 1.75. The van der Waals surface area contributed by atoms with Crippen LogP contribution in [0.2, 0.25) is 0 Å². The number of carbonyl (C=O) groups excluding carboxylic acids is 1. The first-order valence-electron chi connectivity index (χ1n) is 8.00. The quantitative estimate of drug-likeness (QED) is 0.176. The molecule has 2 rings (SSSR count). The van der Waals surface area contributed by atoms with Gasteiger partial charge in [-0.15, -0.1) is 0 Å². The molecule has 0 aliphatic heterocycles. The Hall–Kier alpha value is -3.04. The van der Waals surface area contributed by atoms with Crippen LogP contribution in [-0.4, -0.2) is 49.7 Å². The van der Waals surface area contributed by atoms with Crippen molar-refractivity contribution < 1.29 is 19.0 Å². The number of thiocarbonyl (C=S) groups is 1. The lowest BCUT2D eigenvalue weighted by Crippen LogP contribution is -2.34. The zero-order valence-corrected chi connectivity index (χ0v) is 15.8. The van der Waals surface area contributed by atoms with Crippen molar-refractivity contribution in [2.75, 3.05) is 27.4 Å². The van der Waals surface area contributed by atoms with E-state index in [-0.39, 0.29) is 0 Å². The van der Waals surface area contributed by atoms with Gasteiger partial charge in [-0.1, -0.05) is 0 Å². The molecule has 1 heterocycles. The summed E-state index contributed by atoms with van der Waals surface area (Å²) in [6.45, 7) is 1.13. The highest BCUT2D eigenvalue weighted by Crippen LogP contribution is 2.28. The maximum absolute atomic E-state index is 12.1. The van der Waals surface area contributed by atoms with Crippen molar-refractivity contribution in [3.8, 4) is 11.5 Å². The third kappa shape index (κ3) is 6.65. The van der Waals surface area contributed by atoms with Crippen LogP contribution in [0, 0.1) is 0 Å². The van der Waals surface area contributed by atoms with Crippen LogP contribution in [0.5, 0.6) is 11.5 Å². The first-order chi connectivity index (χ1) is 13.1. The maximum Gasteiger partial charge on any atom is 0.345 e. The average molecular weight is 388 g/mol. The standard InChI is InChI=1S/C18H20N4O4S/c1-24-9-8-20-18(27)22-21-11-13-5-6-15(16(10-13)25-2)26-17(23)14-4-3-7-19-12-14/h3-7,10-12H,8-9H2,1-2H3,(H2,20,22,27)/b21-11+. The van der Waals surface area contributed by atoms with Gasteiger partial charge in [-0.25, -0.2) is 4.79 Å². The Balaban J connectivity index is 1.98. The number of hydrogen-bond acceptors (Lipinski definition) is 7. The van der Waals surface area contributed by atoms with E-state index in [1.54, 1.807) is 49.9 Å². The minimum absolute atomic E-state index is 0.299. The zero-order valence-electron chi connectivity index (χ0n) is 15.0. The lowest BCUT2D eigenvalue weighted by atomic mass is 10.2. The van der Waals surface area contributed by atoms with E-state index < -0.39 is 5.97 Å². The Kier molecular flexibility index (Phi) is 8.14. The zero-order chi connectivity index (χ0) is 19.5. The molecular formula is C18H20N4O4S. The van der Waals surface area contributed by atoms with Gasteiger partial charge in [-0.05, 0) is 48.1 Å². The van der Waals surface area contributed by atoms with Gasteiger partial charge in [0.1, 0.15) is 0 Å². The molecule has 27 heavy (non-hydrogen) atoms. The van der Waals surface area contributed by atoms with Crippen LogP contribution in [0.25, 0.3) is 0 Å². The molecule has 1 aromatic carbocycles. The predicted molar refractivity (Wildman–Crippen MR) is 105 cm³/mol. The molecule has 1 aromatic heterocycles. The third-order valence-electron chi connectivity index (χ3n) is 3.26. The Morgan fingerprint density at radius 1 is 1.30 bits per heavy atom. The van der Waals surface area contributed by atoms with E-state index in [0.717, 1.165) is 5.56 Å². The smallest absolute Gasteiger partial charge is 0.345 e. The molecule has 2 aromatic rings. The lowest BCUT2D eigenvalue weighted by molar-refractivity contribution is 0.0729. The number of carbonyl (C=O) groups is 1. The number of aromatic nitrogens is 1. The Morgan fingerprint density at radius 2 is 2.15 bits per heavy atom. The van der Waals surface area contributed by atoms with E-state index in [0.29, 0.717) is 35.3 Å². The molecule has 0 atom stereocenters. The number of pyridine rings is 1. The van der Waals surface area contributed by atoms with Gasteiger partial charge in [0.2, 0.25) is 0 Å². The van der Waals surface area contributed by atoms with Crippen LogP contribution < -0.4 is 20.2 Å². The monoisotopic (exact) mass is 388 g/mol. The second kappa shape index (κ2) is 10.8. The molecule has 0 radical (unpaired) electrons. The highest BCUT2D eigenvalue weighted by molar-refractivity contribution is 7.80. The number of hydrazone groups is 1. The second-order valence-corrected chi connectivity index (χ2v) is 5.57. The summed E-state index contributed by atoms with van der Waals surface area (Å²) in [4.78, 5) is 16.0. The Labute approximate surface area is 162 Å². The number of benzene rings is 1. The van der Waals surface area contributed by atoms with Gasteiger partial charge < -0.3 is 19.5 Å². The van der Waals surface area contributed by atoms with E-state index in [9.17, 15) is 4.79 Å². The van der Waals surface area contributed by atoms with Crippen molar-refractivity contribution in [3.63, 3.8) is 0 Å². The summed E-state index contributed by atoms with van der Waals surface area (Å²) >= 11 is 5.07. The van der Waals surface area contributed by atoms with Crippen molar-refractivity contribution in [1.82, 2.24) is 15.7 Å². The van der Waals surface area contributed by atoms with Crippen molar-refractivity contribution >= 4 is 29.5 Å². The lowest BCUT2D eigenvalue weighted by Gasteiger charge is -2.10. The molecule has 0 bridgehead atoms. The summed E-state index contributed by atoms with van der Waals surface area (Å²) < 4.78 is 15.6. The highest BCUT2D eigenvalue weighted by Gasteiger charge is 2.12. The first-order valence-corrected chi connectivity index (χ1v) is 8.41. The molecule has 8 nitrogen and oxygen atoms in total. The molecule has 2 N–H and O–H groups in total. The summed E-state index contributed by atoms with van der Waals surface area (Å²) in [7, 11) is 3.10. The number of rotatable bonds is 8. The molecule has 0 aliphatic rings. The fourth-order valence-corrected chi connectivity index (χ4v) is 2.12. The minimum Gasteiger partial charge on any atom is -0.493 e. The summed E-state index contributed by atoms with van der Waals surface area (Å²) in [6.07, 6.45) is 4.59. The fraction of sp³-hybridized carbons (Fsp3) is 0.222. The number of nitrogens with zero attached hydrogens (tertiary/aromatic N) is 2. The van der Waals surface area contributed by atoms with Crippen LogP contribution in [0.15, 0.2) is 47.8 Å². The van der Waals surface area contributed by atoms with Gasteiger partial charge in [0.15, 0.2) is 16.6 Å². The highest BCUT2D eigenvalue weighted by atomic mass is 32.1. The fourth-order valence-electron chi connectivity index (χ4n) is 1.96. The Morgan fingerprint density at radius 3 is 2.85 bits per heavy atom. The van der Waals surface area contributed by atoms with E-state index in [2.05, 4.69) is 20.8 Å². The van der Waals surface area contributed by atoms with Gasteiger partial charge in [-0.2, -0.15) is 5.10 Å². The Bertz CT molecular complexity index is 799. The van der Waals surface area contributed by atoms with Gasteiger partial charge in [0.25, 0.3) is 0 Å². The number of hydrogen-bond donors (Lipinski definition) is 2.